The Balaban J connectivity index is 0. The van der Waals surface area contributed by atoms with Gasteiger partial charge in [0.05, 0.1) is 25.0 Å². The molecule has 1 aromatic heterocycles. The third kappa shape index (κ3) is 10.8. The SMILES string of the molecule is CCCCN1C(=O)\C(=C/C=C/C=C/c2c([O-])n(CC(=O)[O-])c(=O)n(CCCC)c2=O)C(=O)N(CC(=O)[O-])C1=O.[Na+].[Na+].[Na+]. The molecule has 2 heterocycles. The monoisotopic (exact) mass is 612 g/mol. The minimum absolute atomic E-state index is 0. The van der Waals surface area contributed by atoms with Gasteiger partial charge in [-0.15, -0.1) is 0 Å². The number of carbonyl (C=O) groups is 5. The number of nitrogens with zero attached hydrogens (tertiary/aromatic N) is 4. The summed E-state index contributed by atoms with van der Waals surface area (Å²) in [6.07, 6.45) is 7.75. The average molecular weight is 612 g/mol. The average Bonchev–Trinajstić information content (AvgIpc) is 2.87. The fourth-order valence-corrected chi connectivity index (χ4v) is 3.62. The molecule has 0 atom stereocenters. The minimum atomic E-state index is -1.70. The number of hydrogen-bond acceptors (Lipinski definition) is 10. The molecule has 1 saturated heterocycles. The molecule has 17 heteroatoms. The van der Waals surface area contributed by atoms with Crippen LogP contribution < -0.4 is 115 Å². The number of aromatic nitrogens is 2. The molecule has 0 N–H and O–H groups in total. The first-order valence-corrected chi connectivity index (χ1v) is 12.1. The maximum Gasteiger partial charge on any atom is 1.00 e. The van der Waals surface area contributed by atoms with Crippen LogP contribution in [0.2, 0.25) is 0 Å². The van der Waals surface area contributed by atoms with Gasteiger partial charge in [0.25, 0.3) is 17.4 Å². The Kier molecular flexibility index (Phi) is 20.4. The van der Waals surface area contributed by atoms with E-state index >= 15 is 0 Å². The number of barbiturate groups is 1. The number of aliphatic carboxylic acids is 2. The van der Waals surface area contributed by atoms with Crippen LogP contribution >= 0.6 is 0 Å². The molecule has 0 saturated carbocycles. The third-order valence-corrected chi connectivity index (χ3v) is 5.62. The van der Waals surface area contributed by atoms with Gasteiger partial charge in [-0.05, 0) is 30.9 Å². The molecule has 0 bridgehead atoms. The zero-order valence-electron chi connectivity index (χ0n) is 24.4. The molecule has 4 amide bonds. The van der Waals surface area contributed by atoms with Gasteiger partial charge in [0.1, 0.15) is 5.57 Å². The van der Waals surface area contributed by atoms with Crippen molar-refractivity contribution in [3.63, 3.8) is 0 Å². The summed E-state index contributed by atoms with van der Waals surface area (Å²) in [6.45, 7) is 1.45. The van der Waals surface area contributed by atoms with Gasteiger partial charge < -0.3 is 29.5 Å². The Hall–Kier alpha value is -1.75. The number of amides is 4. The van der Waals surface area contributed by atoms with Crippen LogP contribution in [-0.2, 0) is 32.3 Å². The second-order valence-corrected chi connectivity index (χ2v) is 8.45. The Morgan fingerprint density at radius 1 is 0.738 bits per heavy atom. The van der Waals surface area contributed by atoms with Gasteiger partial charge in [0.15, 0.2) is 0 Å². The van der Waals surface area contributed by atoms with E-state index in [0.29, 0.717) is 35.2 Å². The molecule has 0 radical (unpaired) electrons. The van der Waals surface area contributed by atoms with Crippen LogP contribution in [-0.4, -0.2) is 61.8 Å². The minimum Gasteiger partial charge on any atom is -0.859 e. The standard InChI is InChI=1S/C25H30N4O10.3Na/c1-3-5-12-26-20(34)16(22(36)28(24(26)38)14-18(30)31)10-8-7-9-11-17-21(35)27(13-6-4-2)25(39)29(23(17)37)15-19(32)33;;;/h7-11,36H,3-6,12-15H2,1-2H3,(H,30,31)(H,32,33);;;/q;3*+1/p-3/b9-7+,10-8+,17-11+;;;. The number of carboxylic acid groups (broad SMARTS) is 2. The molecule has 0 unspecified atom stereocenters. The number of carbonyl (C=O) groups excluding carboxylic acids is 5. The van der Waals surface area contributed by atoms with Crippen molar-refractivity contribution in [1.29, 1.82) is 0 Å². The summed E-state index contributed by atoms with van der Waals surface area (Å²) in [6, 6.07) is -1.07. The maximum atomic E-state index is 12.7. The van der Waals surface area contributed by atoms with Crippen molar-refractivity contribution in [2.75, 3.05) is 13.1 Å². The zero-order valence-corrected chi connectivity index (χ0v) is 30.4. The molecule has 14 nitrogen and oxygen atoms in total. The molecule has 0 aliphatic carbocycles. The maximum absolute atomic E-state index is 12.7. The van der Waals surface area contributed by atoms with Crippen LogP contribution in [0.4, 0.5) is 4.79 Å². The van der Waals surface area contributed by atoms with Gasteiger partial charge >= 0.3 is 100 Å². The summed E-state index contributed by atoms with van der Waals surface area (Å²) in [5.41, 5.74) is -2.98. The predicted molar refractivity (Wildman–Crippen MR) is 129 cm³/mol. The summed E-state index contributed by atoms with van der Waals surface area (Å²) in [5.74, 6) is -6.58. The first-order chi connectivity index (χ1) is 18.5. The van der Waals surface area contributed by atoms with Crippen LogP contribution in [0.1, 0.15) is 45.1 Å². The molecular formula is C25H27N4Na3O10. The van der Waals surface area contributed by atoms with E-state index in [1.807, 2.05) is 13.8 Å². The van der Waals surface area contributed by atoms with E-state index in [4.69, 9.17) is 0 Å². The predicted octanol–water partition coefficient (Wildman–Crippen LogP) is -11.5. The fraction of sp³-hybridized carbons (Fsp3) is 0.400. The Bertz CT molecular complexity index is 1380. The van der Waals surface area contributed by atoms with Crippen LogP contribution in [0, 0.1) is 0 Å². The molecule has 0 spiro atoms. The van der Waals surface area contributed by atoms with Crippen LogP contribution in [0.5, 0.6) is 5.88 Å². The number of imide groups is 2. The van der Waals surface area contributed by atoms with Gasteiger partial charge in [-0.2, -0.15) is 0 Å². The molecule has 0 aromatic carbocycles. The van der Waals surface area contributed by atoms with Crippen molar-refractivity contribution in [1.82, 2.24) is 18.9 Å². The summed E-state index contributed by atoms with van der Waals surface area (Å²) in [4.78, 5) is 86.3. The Morgan fingerprint density at radius 3 is 1.83 bits per heavy atom. The second-order valence-electron chi connectivity index (χ2n) is 8.45. The number of urea groups is 1. The van der Waals surface area contributed by atoms with E-state index in [-0.39, 0.29) is 102 Å². The van der Waals surface area contributed by atoms with Crippen molar-refractivity contribution in [3.05, 3.63) is 56.3 Å². The van der Waals surface area contributed by atoms with Gasteiger partial charge in [-0.1, -0.05) is 44.9 Å². The Morgan fingerprint density at radius 2 is 1.29 bits per heavy atom. The number of rotatable bonds is 13. The van der Waals surface area contributed by atoms with Gasteiger partial charge in [0.2, 0.25) is 0 Å². The van der Waals surface area contributed by atoms with Crippen molar-refractivity contribution in [2.24, 2.45) is 0 Å². The van der Waals surface area contributed by atoms with Crippen LogP contribution in [0.15, 0.2) is 39.5 Å². The summed E-state index contributed by atoms with van der Waals surface area (Å²) >= 11 is 0. The molecule has 1 aromatic rings. The molecule has 1 aliphatic rings. The van der Waals surface area contributed by atoms with E-state index in [1.54, 1.807) is 0 Å². The number of allylic oxidation sites excluding steroid dienone is 4. The van der Waals surface area contributed by atoms with E-state index in [0.717, 1.165) is 21.6 Å². The number of unbranched alkanes of at least 4 members (excludes halogenated alkanes) is 2. The topological polar surface area (TPSA) is 205 Å². The smallest absolute Gasteiger partial charge is 0.859 e. The van der Waals surface area contributed by atoms with E-state index in [1.165, 1.54) is 18.2 Å². The van der Waals surface area contributed by atoms with Gasteiger partial charge in [-0.3, -0.25) is 28.8 Å². The van der Waals surface area contributed by atoms with Crippen LogP contribution in [0.3, 0.4) is 0 Å². The first kappa shape index (κ1) is 42.4. The number of hydrogen-bond donors (Lipinski definition) is 0. The van der Waals surface area contributed by atoms with E-state index in [9.17, 15) is 48.9 Å². The molecule has 1 aliphatic heterocycles. The summed E-state index contributed by atoms with van der Waals surface area (Å²) < 4.78 is 1.14. The molecule has 210 valence electrons. The third-order valence-electron chi connectivity index (χ3n) is 5.62. The molecule has 42 heavy (non-hydrogen) atoms. The molecular weight excluding hydrogens is 585 g/mol. The van der Waals surface area contributed by atoms with Gasteiger partial charge in [0, 0.05) is 18.7 Å². The quantitative estimate of drug-likeness (QED) is 0.0890. The first-order valence-electron chi connectivity index (χ1n) is 12.1. The summed E-state index contributed by atoms with van der Waals surface area (Å²) in [7, 11) is 0. The van der Waals surface area contributed by atoms with E-state index < -0.39 is 71.1 Å². The van der Waals surface area contributed by atoms with Crippen molar-refractivity contribution < 1.29 is 128 Å². The Labute approximate surface area is 307 Å². The largest absolute Gasteiger partial charge is 1.00 e. The molecule has 1 fully saturated rings. The van der Waals surface area contributed by atoms with E-state index in [2.05, 4.69) is 0 Å². The zero-order chi connectivity index (χ0) is 29.3. The van der Waals surface area contributed by atoms with Crippen molar-refractivity contribution in [2.45, 2.75) is 52.6 Å². The van der Waals surface area contributed by atoms with Crippen molar-refractivity contribution in [3.8, 4) is 5.88 Å². The van der Waals surface area contributed by atoms with Crippen LogP contribution in [0.25, 0.3) is 6.08 Å². The fourth-order valence-electron chi connectivity index (χ4n) is 3.62. The number of carboxylic acids is 2. The summed E-state index contributed by atoms with van der Waals surface area (Å²) in [5, 5.41) is 34.7. The van der Waals surface area contributed by atoms with Crippen molar-refractivity contribution >= 4 is 35.9 Å². The second kappa shape index (κ2) is 20.3. The van der Waals surface area contributed by atoms with Gasteiger partial charge in [-0.25, -0.2) is 9.59 Å². The molecule has 2 rings (SSSR count). The normalized spacial score (nSPS) is 14.2.